The fourth-order valence-electron chi connectivity index (χ4n) is 5.27. The smallest absolute Gasteiger partial charge is 0.240 e. The summed E-state index contributed by atoms with van der Waals surface area (Å²) in [5, 5.41) is 7.04. The Labute approximate surface area is 166 Å². The fraction of sp³-hybridized carbons (Fsp3) is 0.800. The molecule has 1 aromatic rings. The van der Waals surface area contributed by atoms with E-state index in [1.165, 1.54) is 6.92 Å². The van der Waals surface area contributed by atoms with Crippen LogP contribution in [0.15, 0.2) is 4.52 Å². The van der Waals surface area contributed by atoms with E-state index >= 15 is 0 Å². The lowest BCUT2D eigenvalue weighted by Crippen LogP contribution is -2.66. The second-order valence-electron chi connectivity index (χ2n) is 8.92. The Morgan fingerprint density at radius 1 is 1.32 bits per heavy atom. The van der Waals surface area contributed by atoms with Crippen LogP contribution in [0, 0.1) is 11.8 Å². The molecule has 0 unspecified atom stereocenters. The Balaban J connectivity index is 1.51. The third-order valence-corrected chi connectivity index (χ3v) is 6.49. The van der Waals surface area contributed by atoms with E-state index in [2.05, 4.69) is 39.1 Å². The highest BCUT2D eigenvalue weighted by Gasteiger charge is 2.49. The molecule has 0 radical (unpaired) electrons. The van der Waals surface area contributed by atoms with E-state index in [-0.39, 0.29) is 29.8 Å². The van der Waals surface area contributed by atoms with Crippen molar-refractivity contribution in [3.05, 3.63) is 11.7 Å². The van der Waals surface area contributed by atoms with Gasteiger partial charge in [-0.05, 0) is 31.1 Å². The number of amides is 2. The van der Waals surface area contributed by atoms with E-state index in [1.54, 1.807) is 0 Å². The summed E-state index contributed by atoms with van der Waals surface area (Å²) in [4.78, 5) is 33.3. The predicted octanol–water partition coefficient (Wildman–Crippen LogP) is 1.53. The van der Waals surface area contributed by atoms with Gasteiger partial charge in [0.05, 0.1) is 12.6 Å². The van der Waals surface area contributed by atoms with E-state index in [0.717, 1.165) is 38.2 Å². The van der Waals surface area contributed by atoms with Crippen molar-refractivity contribution in [2.45, 2.75) is 71.0 Å². The van der Waals surface area contributed by atoms with Crippen molar-refractivity contribution >= 4 is 11.8 Å². The maximum Gasteiger partial charge on any atom is 0.240 e. The number of hydrogen-bond donors (Lipinski definition) is 1. The molecule has 0 aromatic carbocycles. The molecule has 1 aromatic heterocycles. The molecule has 28 heavy (non-hydrogen) atoms. The first-order chi connectivity index (χ1) is 13.4. The summed E-state index contributed by atoms with van der Waals surface area (Å²) in [7, 11) is 0. The number of hydrogen-bond acceptors (Lipinski definition) is 6. The molecule has 3 fully saturated rings. The third kappa shape index (κ3) is 3.79. The normalized spacial score (nSPS) is 30.4. The van der Waals surface area contributed by atoms with Crippen LogP contribution in [0.25, 0.3) is 0 Å². The van der Waals surface area contributed by atoms with Crippen LogP contribution in [0.3, 0.4) is 0 Å². The molecule has 3 saturated heterocycles. The summed E-state index contributed by atoms with van der Waals surface area (Å²) >= 11 is 0. The van der Waals surface area contributed by atoms with Gasteiger partial charge in [0.15, 0.2) is 5.82 Å². The summed E-state index contributed by atoms with van der Waals surface area (Å²) in [5.74, 6) is 2.72. The topological polar surface area (TPSA) is 91.6 Å². The average molecular weight is 390 g/mol. The van der Waals surface area contributed by atoms with Crippen LogP contribution >= 0.6 is 0 Å². The van der Waals surface area contributed by atoms with Crippen molar-refractivity contribution in [1.82, 2.24) is 25.3 Å². The number of nitrogens with zero attached hydrogens (tertiary/aromatic N) is 4. The first-order valence-electron chi connectivity index (χ1n) is 10.5. The molecule has 0 saturated carbocycles. The van der Waals surface area contributed by atoms with Gasteiger partial charge in [-0.1, -0.05) is 19.0 Å². The van der Waals surface area contributed by atoms with Crippen molar-refractivity contribution in [2.24, 2.45) is 11.8 Å². The van der Waals surface area contributed by atoms with E-state index in [0.29, 0.717) is 37.2 Å². The predicted molar refractivity (Wildman–Crippen MR) is 102 cm³/mol. The molecule has 2 amide bonds. The van der Waals surface area contributed by atoms with E-state index in [1.807, 2.05) is 0 Å². The van der Waals surface area contributed by atoms with Gasteiger partial charge in [-0.15, -0.1) is 0 Å². The van der Waals surface area contributed by atoms with Crippen LogP contribution in [-0.4, -0.2) is 63.5 Å². The number of likely N-dealkylation sites (tertiary alicyclic amines) is 1. The van der Waals surface area contributed by atoms with Gasteiger partial charge < -0.3 is 14.7 Å². The number of fused-ring (bicyclic) bond motifs is 4. The number of piperidine rings is 3. The molecule has 4 heterocycles. The molecular weight excluding hydrogens is 358 g/mol. The van der Waals surface area contributed by atoms with Crippen molar-refractivity contribution in [1.29, 1.82) is 0 Å². The zero-order valence-electron chi connectivity index (χ0n) is 17.1. The first kappa shape index (κ1) is 19.4. The van der Waals surface area contributed by atoms with Crippen molar-refractivity contribution in [3.63, 3.8) is 0 Å². The molecular formula is C20H31N5O3. The van der Waals surface area contributed by atoms with Gasteiger partial charge in [0.1, 0.15) is 0 Å². The summed E-state index contributed by atoms with van der Waals surface area (Å²) in [6.07, 6.45) is 3.79. The number of carbonyl (C=O) groups excluding carboxylic acids is 2. The summed E-state index contributed by atoms with van der Waals surface area (Å²) in [6.45, 7) is 8.69. The Kier molecular flexibility index (Phi) is 5.40. The van der Waals surface area contributed by atoms with Crippen LogP contribution in [0.5, 0.6) is 0 Å². The van der Waals surface area contributed by atoms with Crippen LogP contribution < -0.4 is 5.32 Å². The Morgan fingerprint density at radius 2 is 2.11 bits per heavy atom. The van der Waals surface area contributed by atoms with Crippen LogP contribution in [0.1, 0.15) is 64.1 Å². The third-order valence-electron chi connectivity index (χ3n) is 6.49. The summed E-state index contributed by atoms with van der Waals surface area (Å²) in [5.41, 5.74) is 0. The van der Waals surface area contributed by atoms with E-state index in [4.69, 9.17) is 4.52 Å². The number of carbonyl (C=O) groups is 2. The van der Waals surface area contributed by atoms with E-state index < -0.39 is 0 Å². The lowest BCUT2D eigenvalue weighted by molar-refractivity contribution is -0.153. The van der Waals surface area contributed by atoms with Gasteiger partial charge in [-0.2, -0.15) is 4.98 Å². The second kappa shape index (κ2) is 7.81. The van der Waals surface area contributed by atoms with Gasteiger partial charge >= 0.3 is 0 Å². The molecule has 154 valence electrons. The first-order valence-corrected chi connectivity index (χ1v) is 10.5. The maximum atomic E-state index is 12.7. The molecule has 4 atom stereocenters. The monoisotopic (exact) mass is 389 g/mol. The van der Waals surface area contributed by atoms with Crippen molar-refractivity contribution in [3.8, 4) is 0 Å². The molecule has 8 nitrogen and oxygen atoms in total. The van der Waals surface area contributed by atoms with E-state index in [9.17, 15) is 9.59 Å². The van der Waals surface area contributed by atoms with Gasteiger partial charge in [0.2, 0.25) is 17.7 Å². The largest absolute Gasteiger partial charge is 0.354 e. The fourth-order valence-corrected chi connectivity index (χ4v) is 5.27. The van der Waals surface area contributed by atoms with Gasteiger partial charge in [-0.3, -0.25) is 14.5 Å². The highest BCUT2D eigenvalue weighted by molar-refractivity contribution is 5.78. The van der Waals surface area contributed by atoms with Crippen molar-refractivity contribution in [2.75, 3.05) is 19.6 Å². The minimum Gasteiger partial charge on any atom is -0.354 e. The Bertz CT molecular complexity index is 733. The summed E-state index contributed by atoms with van der Waals surface area (Å²) < 4.78 is 5.46. The minimum absolute atomic E-state index is 0.0390. The minimum atomic E-state index is -0.0390. The number of aromatic nitrogens is 2. The molecule has 2 bridgehead atoms. The molecule has 0 aliphatic carbocycles. The average Bonchev–Trinajstić information content (AvgIpc) is 3.10. The lowest BCUT2D eigenvalue weighted by atomic mass is 9.72. The van der Waals surface area contributed by atoms with Gasteiger partial charge in [-0.25, -0.2) is 0 Å². The lowest BCUT2D eigenvalue weighted by Gasteiger charge is -2.56. The van der Waals surface area contributed by atoms with Crippen molar-refractivity contribution < 1.29 is 14.1 Å². The van der Waals surface area contributed by atoms with Gasteiger partial charge in [0, 0.05) is 44.9 Å². The molecule has 3 aliphatic rings. The van der Waals surface area contributed by atoms with Gasteiger partial charge in [0.25, 0.3) is 0 Å². The standard InChI is InChI=1S/C20H31N5O3/c1-12(2)20-22-18(28-23-20)11-24-9-14-7-15(10-24)17(8-21-13(3)26)25-16(14)5-4-6-19(25)27/h12,14-17H,4-11H2,1-3H3,(H,21,26)/t14-,15+,16+,17+/m1/s1. The Hall–Kier alpha value is -1.96. The SMILES string of the molecule is CC(=O)NC[C@H]1[C@H]2C[C@H](CN(Cc3nc(C(C)C)no3)C2)[C@@H]2CCCC(=O)N21. The maximum absolute atomic E-state index is 12.7. The molecule has 4 rings (SSSR count). The quantitative estimate of drug-likeness (QED) is 0.821. The second-order valence-corrected chi connectivity index (χ2v) is 8.92. The Morgan fingerprint density at radius 3 is 2.82 bits per heavy atom. The highest BCUT2D eigenvalue weighted by atomic mass is 16.5. The molecule has 1 N–H and O–H groups in total. The summed E-state index contributed by atoms with van der Waals surface area (Å²) in [6, 6.07) is 0.364. The van der Waals surface area contributed by atoms with Crippen LogP contribution in [0.2, 0.25) is 0 Å². The molecule has 8 heteroatoms. The van der Waals surface area contributed by atoms with Crippen LogP contribution in [-0.2, 0) is 16.1 Å². The highest BCUT2D eigenvalue weighted by Crippen LogP contribution is 2.41. The zero-order chi connectivity index (χ0) is 19.8. The number of nitrogens with one attached hydrogen (secondary N) is 1. The van der Waals surface area contributed by atoms with Crippen LogP contribution in [0.4, 0.5) is 0 Å². The zero-order valence-corrected chi connectivity index (χ0v) is 17.1. The molecule has 0 spiro atoms. The number of rotatable bonds is 5. The molecule has 3 aliphatic heterocycles.